The van der Waals surface area contributed by atoms with E-state index in [2.05, 4.69) is 5.32 Å². The number of carbonyl (C=O) groups excluding carboxylic acids is 1. The minimum atomic E-state index is -2.87. The number of halogens is 2. The molecule has 24 heavy (non-hydrogen) atoms. The van der Waals surface area contributed by atoms with Gasteiger partial charge in [0.25, 0.3) is 0 Å². The molecule has 0 aromatic heterocycles. The van der Waals surface area contributed by atoms with Crippen LogP contribution in [0.15, 0.2) is 0 Å². The molecule has 0 aromatic carbocycles. The summed E-state index contributed by atoms with van der Waals surface area (Å²) < 4.78 is 37.7. The van der Waals surface area contributed by atoms with Crippen LogP contribution >= 0.6 is 0 Å². The zero-order valence-corrected chi connectivity index (χ0v) is 14.3. The van der Waals surface area contributed by atoms with E-state index in [-0.39, 0.29) is 32.5 Å². The summed E-state index contributed by atoms with van der Waals surface area (Å²) in [6, 6.07) is 0. The molecule has 1 saturated carbocycles. The summed E-state index contributed by atoms with van der Waals surface area (Å²) in [6.45, 7) is 5.32. The molecule has 1 heterocycles. The minimum Gasteiger partial charge on any atom is -0.481 e. The van der Waals surface area contributed by atoms with Crippen molar-refractivity contribution in [2.45, 2.75) is 69.9 Å². The Kier molecular flexibility index (Phi) is 4.82. The Labute approximate surface area is 139 Å². The standard InChI is InChI=1S/C16H25F2NO5/c1-13(2,3)24-12(22)19-15(8-9-23-10-15)14(11(20)21)4-6-16(17,18)7-5-14/h4-10H2,1-3H3,(H,19,22)(H,20,21). The fraction of sp³-hybridized carbons (Fsp3) is 0.875. The summed E-state index contributed by atoms with van der Waals surface area (Å²) in [5, 5.41) is 12.5. The van der Waals surface area contributed by atoms with Crippen molar-refractivity contribution in [3.63, 3.8) is 0 Å². The number of alkyl carbamates (subject to hydrolysis) is 1. The number of hydrogen-bond acceptors (Lipinski definition) is 4. The van der Waals surface area contributed by atoms with Gasteiger partial charge in [-0.05, 0) is 40.0 Å². The highest BCUT2D eigenvalue weighted by Crippen LogP contribution is 2.52. The van der Waals surface area contributed by atoms with E-state index in [9.17, 15) is 23.5 Å². The topological polar surface area (TPSA) is 84.9 Å². The van der Waals surface area contributed by atoms with Crippen LogP contribution in [0.1, 0.15) is 52.9 Å². The van der Waals surface area contributed by atoms with E-state index in [1.807, 2.05) is 0 Å². The Morgan fingerprint density at radius 1 is 1.12 bits per heavy atom. The summed E-state index contributed by atoms with van der Waals surface area (Å²) in [4.78, 5) is 24.3. The number of aliphatic carboxylic acids is 1. The van der Waals surface area contributed by atoms with Crippen LogP contribution < -0.4 is 5.32 Å². The number of carbonyl (C=O) groups is 2. The third-order valence-corrected chi connectivity index (χ3v) is 4.92. The molecule has 2 N–H and O–H groups in total. The van der Waals surface area contributed by atoms with Crippen molar-refractivity contribution in [1.29, 1.82) is 0 Å². The summed E-state index contributed by atoms with van der Waals surface area (Å²) in [5.41, 5.74) is -3.47. The quantitative estimate of drug-likeness (QED) is 0.818. The van der Waals surface area contributed by atoms with Gasteiger partial charge in [-0.1, -0.05) is 0 Å². The predicted molar refractivity (Wildman–Crippen MR) is 81.0 cm³/mol. The Morgan fingerprint density at radius 3 is 2.12 bits per heavy atom. The second kappa shape index (κ2) is 6.13. The van der Waals surface area contributed by atoms with Gasteiger partial charge in [-0.2, -0.15) is 0 Å². The van der Waals surface area contributed by atoms with Gasteiger partial charge in [0.05, 0.1) is 17.6 Å². The number of rotatable bonds is 3. The van der Waals surface area contributed by atoms with Gasteiger partial charge in [0.1, 0.15) is 5.60 Å². The summed E-state index contributed by atoms with van der Waals surface area (Å²) in [6.07, 6.45) is -1.97. The van der Waals surface area contributed by atoms with Crippen molar-refractivity contribution in [3.05, 3.63) is 0 Å². The smallest absolute Gasteiger partial charge is 0.408 e. The van der Waals surface area contributed by atoms with Gasteiger partial charge >= 0.3 is 12.1 Å². The van der Waals surface area contributed by atoms with E-state index in [0.29, 0.717) is 0 Å². The molecule has 2 fully saturated rings. The van der Waals surface area contributed by atoms with Crippen LogP contribution in [0.3, 0.4) is 0 Å². The maximum Gasteiger partial charge on any atom is 0.408 e. The normalized spacial score (nSPS) is 29.0. The largest absolute Gasteiger partial charge is 0.481 e. The molecule has 6 nitrogen and oxygen atoms in total. The molecule has 1 aliphatic carbocycles. The summed E-state index contributed by atoms with van der Waals surface area (Å²) >= 11 is 0. The maximum atomic E-state index is 13.6. The molecule has 8 heteroatoms. The van der Waals surface area contributed by atoms with Gasteiger partial charge < -0.3 is 19.9 Å². The Bertz CT molecular complexity index is 499. The predicted octanol–water partition coefficient (Wildman–Crippen LogP) is 2.95. The number of ether oxygens (including phenoxy) is 2. The fourth-order valence-corrected chi connectivity index (χ4v) is 3.60. The van der Waals surface area contributed by atoms with Crippen molar-refractivity contribution in [2.75, 3.05) is 13.2 Å². The Morgan fingerprint density at radius 2 is 1.71 bits per heavy atom. The molecule has 1 saturated heterocycles. The van der Waals surface area contributed by atoms with Gasteiger partial charge in [0.2, 0.25) is 5.92 Å². The average Bonchev–Trinajstić information content (AvgIpc) is 2.86. The summed E-state index contributed by atoms with van der Waals surface area (Å²) in [7, 11) is 0. The van der Waals surface area contributed by atoms with E-state index < -0.39 is 47.4 Å². The molecule has 0 bridgehead atoms. The zero-order valence-electron chi connectivity index (χ0n) is 14.3. The molecule has 138 valence electrons. The molecular weight excluding hydrogens is 324 g/mol. The van der Waals surface area contributed by atoms with Crippen molar-refractivity contribution in [3.8, 4) is 0 Å². The first kappa shape index (κ1) is 18.9. The highest BCUT2D eigenvalue weighted by molar-refractivity contribution is 5.79. The number of amides is 1. The highest BCUT2D eigenvalue weighted by Gasteiger charge is 2.62. The van der Waals surface area contributed by atoms with Gasteiger partial charge in [-0.15, -0.1) is 0 Å². The van der Waals surface area contributed by atoms with Crippen LogP contribution in [0, 0.1) is 5.41 Å². The van der Waals surface area contributed by atoms with Crippen LogP contribution in [0.4, 0.5) is 13.6 Å². The van der Waals surface area contributed by atoms with E-state index in [0.717, 1.165) is 0 Å². The second-order valence-corrected chi connectivity index (χ2v) is 7.75. The Hall–Kier alpha value is -1.44. The first-order chi connectivity index (χ1) is 10.9. The van der Waals surface area contributed by atoms with E-state index in [1.165, 1.54) is 0 Å². The molecule has 1 aliphatic heterocycles. The van der Waals surface area contributed by atoms with Crippen molar-refractivity contribution in [2.24, 2.45) is 5.41 Å². The number of nitrogens with one attached hydrogen (secondary N) is 1. The third-order valence-electron chi connectivity index (χ3n) is 4.92. The lowest BCUT2D eigenvalue weighted by atomic mass is 9.60. The third kappa shape index (κ3) is 3.63. The molecule has 0 radical (unpaired) electrons. The minimum absolute atomic E-state index is 0.0237. The number of carboxylic acid groups (broad SMARTS) is 1. The molecule has 1 unspecified atom stereocenters. The Balaban J connectivity index is 2.29. The number of alkyl halides is 2. The van der Waals surface area contributed by atoms with Crippen molar-refractivity contribution < 1.29 is 33.0 Å². The van der Waals surface area contributed by atoms with E-state index in [4.69, 9.17) is 9.47 Å². The van der Waals surface area contributed by atoms with Crippen LogP contribution in [0.25, 0.3) is 0 Å². The molecule has 0 spiro atoms. The summed E-state index contributed by atoms with van der Waals surface area (Å²) in [5.74, 6) is -4.05. The first-order valence-corrected chi connectivity index (χ1v) is 8.12. The molecule has 1 amide bonds. The van der Waals surface area contributed by atoms with Gasteiger partial charge in [-0.25, -0.2) is 13.6 Å². The van der Waals surface area contributed by atoms with Gasteiger partial charge in [0.15, 0.2) is 0 Å². The molecular formula is C16H25F2NO5. The lowest BCUT2D eigenvalue weighted by molar-refractivity contribution is -0.166. The molecule has 0 aromatic rings. The molecule has 2 aliphatic rings. The first-order valence-electron chi connectivity index (χ1n) is 8.12. The van der Waals surface area contributed by atoms with Crippen LogP contribution in [0.5, 0.6) is 0 Å². The van der Waals surface area contributed by atoms with Gasteiger partial charge in [0, 0.05) is 19.4 Å². The van der Waals surface area contributed by atoms with Crippen LogP contribution in [-0.2, 0) is 14.3 Å². The average molecular weight is 349 g/mol. The van der Waals surface area contributed by atoms with Crippen LogP contribution in [-0.4, -0.2) is 47.4 Å². The fourth-order valence-electron chi connectivity index (χ4n) is 3.60. The zero-order chi connectivity index (χ0) is 18.2. The lowest BCUT2D eigenvalue weighted by Crippen LogP contribution is -2.65. The van der Waals surface area contributed by atoms with Crippen LogP contribution in [0.2, 0.25) is 0 Å². The maximum absolute atomic E-state index is 13.6. The highest BCUT2D eigenvalue weighted by atomic mass is 19.3. The van der Waals surface area contributed by atoms with E-state index >= 15 is 0 Å². The van der Waals surface area contributed by atoms with Crippen molar-refractivity contribution in [1.82, 2.24) is 5.32 Å². The monoisotopic (exact) mass is 349 g/mol. The number of carboxylic acids is 1. The lowest BCUT2D eigenvalue weighted by Gasteiger charge is -2.48. The number of hydrogen-bond donors (Lipinski definition) is 2. The van der Waals surface area contributed by atoms with E-state index in [1.54, 1.807) is 20.8 Å². The van der Waals surface area contributed by atoms with Gasteiger partial charge in [-0.3, -0.25) is 4.79 Å². The molecule has 2 rings (SSSR count). The SMILES string of the molecule is CC(C)(C)OC(=O)NC1(C2(C(=O)O)CCC(F)(F)CC2)CCOC1. The molecule has 1 atom stereocenters. The second-order valence-electron chi connectivity index (χ2n) is 7.75. The van der Waals surface area contributed by atoms with Crippen molar-refractivity contribution >= 4 is 12.1 Å².